The lowest BCUT2D eigenvalue weighted by atomic mass is 10.2. The highest BCUT2D eigenvalue weighted by atomic mass is 32.1. The number of rotatable bonds is 3. The molecule has 2 aromatic heterocycles. The molecule has 0 atom stereocenters. The molecule has 108 valence electrons. The van der Waals surface area contributed by atoms with E-state index in [0.717, 1.165) is 16.0 Å². The highest BCUT2D eigenvalue weighted by Gasteiger charge is 2.16. The number of carbonyl (C=O) groups excluding carboxylic acids is 1. The van der Waals surface area contributed by atoms with E-state index in [4.69, 9.17) is 5.73 Å². The molecule has 0 aliphatic heterocycles. The van der Waals surface area contributed by atoms with Crippen LogP contribution >= 0.6 is 11.3 Å². The average Bonchev–Trinajstić information content (AvgIpc) is 2.92. The van der Waals surface area contributed by atoms with Crippen LogP contribution in [0.5, 0.6) is 0 Å². The van der Waals surface area contributed by atoms with Gasteiger partial charge in [-0.05, 0) is 24.6 Å². The Morgan fingerprint density at radius 3 is 3.05 bits per heavy atom. The summed E-state index contributed by atoms with van der Waals surface area (Å²) in [6.07, 6.45) is 1.64. The maximum Gasteiger partial charge on any atom is 0.272 e. The molecule has 21 heavy (non-hydrogen) atoms. The number of hydrogen-bond acceptors (Lipinski definition) is 4. The predicted octanol–water partition coefficient (Wildman–Crippen LogP) is 2.03. The second-order valence-corrected chi connectivity index (χ2v) is 5.63. The van der Waals surface area contributed by atoms with Gasteiger partial charge in [-0.15, -0.1) is 11.3 Å². The van der Waals surface area contributed by atoms with Crippen LogP contribution in [0.2, 0.25) is 0 Å². The number of carbonyl (C=O) groups is 1. The van der Waals surface area contributed by atoms with Gasteiger partial charge in [-0.1, -0.05) is 17.9 Å². The molecule has 4 nitrogen and oxygen atoms in total. The third kappa shape index (κ3) is 3.91. The number of nitrogens with zero attached hydrogens (tertiary/aromatic N) is 2. The molecule has 0 saturated carbocycles. The van der Waals surface area contributed by atoms with Crippen LogP contribution in [0.15, 0.2) is 29.8 Å². The number of aryl methyl sites for hydroxylation is 1. The normalized spacial score (nSPS) is 9.86. The summed E-state index contributed by atoms with van der Waals surface area (Å²) in [4.78, 5) is 19.3. The molecule has 1 amide bonds. The number of pyridine rings is 1. The van der Waals surface area contributed by atoms with Crippen molar-refractivity contribution in [1.29, 1.82) is 0 Å². The molecule has 0 radical (unpaired) electrons. The van der Waals surface area contributed by atoms with E-state index in [2.05, 4.69) is 16.8 Å². The zero-order valence-electron chi connectivity index (χ0n) is 12.1. The van der Waals surface area contributed by atoms with E-state index < -0.39 is 0 Å². The molecule has 2 rings (SSSR count). The molecule has 0 fully saturated rings. The lowest BCUT2D eigenvalue weighted by Gasteiger charge is -2.16. The molecule has 2 N–H and O–H groups in total. The summed E-state index contributed by atoms with van der Waals surface area (Å²) in [5.41, 5.74) is 7.68. The quantitative estimate of drug-likeness (QED) is 0.882. The highest BCUT2D eigenvalue weighted by Crippen LogP contribution is 2.17. The largest absolute Gasteiger partial charge is 0.335 e. The summed E-state index contributed by atoms with van der Waals surface area (Å²) >= 11 is 1.59. The molecular formula is C16H17N3OS. The Morgan fingerprint density at radius 1 is 1.52 bits per heavy atom. The smallest absolute Gasteiger partial charge is 0.272 e. The van der Waals surface area contributed by atoms with Crippen LogP contribution in [-0.4, -0.2) is 29.4 Å². The Bertz CT molecular complexity index is 697. The van der Waals surface area contributed by atoms with Crippen molar-refractivity contribution in [2.45, 2.75) is 13.5 Å². The molecule has 0 aromatic carbocycles. The van der Waals surface area contributed by atoms with Gasteiger partial charge < -0.3 is 10.6 Å². The molecule has 0 aliphatic rings. The van der Waals surface area contributed by atoms with Gasteiger partial charge in [0, 0.05) is 29.1 Å². The molecular weight excluding hydrogens is 282 g/mol. The third-order valence-corrected chi connectivity index (χ3v) is 3.86. The average molecular weight is 299 g/mol. The third-order valence-electron chi connectivity index (χ3n) is 2.94. The summed E-state index contributed by atoms with van der Waals surface area (Å²) in [5, 5.41) is 1.97. The Hall–Kier alpha value is -2.16. The van der Waals surface area contributed by atoms with Crippen molar-refractivity contribution in [3.63, 3.8) is 0 Å². The summed E-state index contributed by atoms with van der Waals surface area (Å²) in [5.74, 6) is 5.74. The van der Waals surface area contributed by atoms with Crippen molar-refractivity contribution in [3.05, 3.63) is 51.5 Å². The lowest BCUT2D eigenvalue weighted by Crippen LogP contribution is -2.27. The Labute approximate surface area is 128 Å². The second kappa shape index (κ2) is 7.02. The van der Waals surface area contributed by atoms with Crippen molar-refractivity contribution in [3.8, 4) is 11.8 Å². The second-order valence-electron chi connectivity index (χ2n) is 4.64. The van der Waals surface area contributed by atoms with Gasteiger partial charge in [0.1, 0.15) is 5.69 Å². The summed E-state index contributed by atoms with van der Waals surface area (Å²) in [6, 6.07) is 5.70. The van der Waals surface area contributed by atoms with Crippen LogP contribution in [0.4, 0.5) is 0 Å². The van der Waals surface area contributed by atoms with Crippen LogP contribution in [0, 0.1) is 18.8 Å². The molecule has 2 aromatic rings. The van der Waals surface area contributed by atoms with E-state index in [9.17, 15) is 4.79 Å². The van der Waals surface area contributed by atoms with Crippen LogP contribution < -0.4 is 5.73 Å². The SMILES string of the molecule is Cc1cccnc1C(=O)N(C)Cc1cc(C#CCN)cs1. The summed E-state index contributed by atoms with van der Waals surface area (Å²) in [6.45, 7) is 2.78. The molecule has 0 spiro atoms. The van der Waals surface area contributed by atoms with Crippen molar-refractivity contribution in [2.24, 2.45) is 5.73 Å². The van der Waals surface area contributed by atoms with E-state index >= 15 is 0 Å². The first-order valence-electron chi connectivity index (χ1n) is 6.55. The first kappa shape index (κ1) is 15.2. The fourth-order valence-electron chi connectivity index (χ4n) is 1.88. The van der Waals surface area contributed by atoms with Crippen molar-refractivity contribution < 1.29 is 4.79 Å². The molecule has 0 unspecified atom stereocenters. The molecule has 2 heterocycles. The van der Waals surface area contributed by atoms with Crippen LogP contribution in [0.25, 0.3) is 0 Å². The van der Waals surface area contributed by atoms with Crippen LogP contribution in [-0.2, 0) is 6.54 Å². The summed E-state index contributed by atoms with van der Waals surface area (Å²) in [7, 11) is 1.78. The van der Waals surface area contributed by atoms with Crippen LogP contribution in [0.3, 0.4) is 0 Å². The van der Waals surface area contributed by atoms with Gasteiger partial charge in [-0.3, -0.25) is 9.78 Å². The Morgan fingerprint density at radius 2 is 2.33 bits per heavy atom. The first-order chi connectivity index (χ1) is 10.1. The van der Waals surface area contributed by atoms with Gasteiger partial charge in [-0.2, -0.15) is 0 Å². The predicted molar refractivity (Wildman–Crippen MR) is 85.0 cm³/mol. The minimum absolute atomic E-state index is 0.0731. The summed E-state index contributed by atoms with van der Waals surface area (Å²) < 4.78 is 0. The van der Waals surface area contributed by atoms with E-state index in [0.29, 0.717) is 18.8 Å². The lowest BCUT2D eigenvalue weighted by molar-refractivity contribution is 0.0780. The van der Waals surface area contributed by atoms with Crippen molar-refractivity contribution in [2.75, 3.05) is 13.6 Å². The van der Waals surface area contributed by atoms with Gasteiger partial charge in [0.05, 0.1) is 13.1 Å². The maximum atomic E-state index is 12.4. The number of hydrogen-bond donors (Lipinski definition) is 1. The Kier molecular flexibility index (Phi) is 5.09. The standard InChI is InChI=1S/C16H17N3OS/c1-12-5-4-8-18-15(12)16(20)19(2)10-14-9-13(11-21-14)6-3-7-17/h4-5,8-9,11H,7,10,17H2,1-2H3. The van der Waals surface area contributed by atoms with E-state index in [1.54, 1.807) is 29.5 Å². The minimum Gasteiger partial charge on any atom is -0.335 e. The maximum absolute atomic E-state index is 12.4. The number of aromatic nitrogens is 1. The zero-order valence-corrected chi connectivity index (χ0v) is 12.9. The highest BCUT2D eigenvalue weighted by molar-refractivity contribution is 7.10. The number of nitrogens with two attached hydrogens (primary N) is 1. The van der Waals surface area contributed by atoms with Gasteiger partial charge in [-0.25, -0.2) is 0 Å². The minimum atomic E-state index is -0.0731. The van der Waals surface area contributed by atoms with Gasteiger partial charge in [0.25, 0.3) is 5.91 Å². The monoisotopic (exact) mass is 299 g/mol. The van der Waals surface area contributed by atoms with E-state index in [-0.39, 0.29) is 5.91 Å². The topological polar surface area (TPSA) is 59.2 Å². The van der Waals surface area contributed by atoms with Crippen molar-refractivity contribution >= 4 is 17.2 Å². The van der Waals surface area contributed by atoms with E-state index in [1.807, 2.05) is 30.5 Å². The molecule has 0 bridgehead atoms. The molecule has 0 aliphatic carbocycles. The first-order valence-corrected chi connectivity index (χ1v) is 7.43. The van der Waals surface area contributed by atoms with Gasteiger partial charge in [0.15, 0.2) is 0 Å². The molecule has 5 heteroatoms. The van der Waals surface area contributed by atoms with E-state index in [1.165, 1.54) is 0 Å². The number of amides is 1. The fraction of sp³-hybridized carbons (Fsp3) is 0.250. The van der Waals surface area contributed by atoms with Crippen molar-refractivity contribution in [1.82, 2.24) is 9.88 Å². The molecule has 0 saturated heterocycles. The van der Waals surface area contributed by atoms with Gasteiger partial charge in [0.2, 0.25) is 0 Å². The van der Waals surface area contributed by atoms with Gasteiger partial charge >= 0.3 is 0 Å². The zero-order chi connectivity index (χ0) is 15.2. The Balaban J connectivity index is 2.07. The fourth-order valence-corrected chi connectivity index (χ4v) is 2.75. The van der Waals surface area contributed by atoms with Crippen LogP contribution in [0.1, 0.15) is 26.5 Å². The number of thiophene rings is 1.